The molecular weight excluding hydrogens is 248 g/mol. The van der Waals surface area contributed by atoms with E-state index in [1.54, 1.807) is 12.4 Å². The van der Waals surface area contributed by atoms with Gasteiger partial charge >= 0.3 is 12.0 Å². The van der Waals surface area contributed by atoms with Crippen molar-refractivity contribution in [2.24, 2.45) is 5.92 Å². The fourth-order valence-electron chi connectivity index (χ4n) is 1.97. The number of aromatic nitrogens is 2. The fourth-order valence-corrected chi connectivity index (χ4v) is 1.97. The van der Waals surface area contributed by atoms with E-state index in [0.29, 0.717) is 18.9 Å². The highest BCUT2D eigenvalue weighted by molar-refractivity contribution is 5.75. The largest absolute Gasteiger partial charge is 0.481 e. The molecule has 0 aliphatic heterocycles. The number of rotatable bonds is 7. The number of amides is 2. The molecule has 0 aromatic carbocycles. The number of nitrogens with one attached hydrogen (secondary N) is 3. The predicted molar refractivity (Wildman–Crippen MR) is 67.6 cm³/mol. The van der Waals surface area contributed by atoms with Crippen molar-refractivity contribution in [2.45, 2.75) is 31.7 Å². The van der Waals surface area contributed by atoms with Crippen molar-refractivity contribution in [2.75, 3.05) is 6.54 Å². The highest BCUT2D eigenvalue weighted by atomic mass is 16.4. The Balaban J connectivity index is 1.68. The standard InChI is InChI=1S/C12H18N4O3/c17-11(18)7-9(8-1-2-8)16-12(19)15-4-3-10-13-5-6-14-10/h5-6,8-9H,1-4,7H2,(H,13,14)(H,17,18)(H2,15,16,19). The van der Waals surface area contributed by atoms with Crippen LogP contribution in [0.1, 0.15) is 25.1 Å². The number of carboxylic acids is 1. The van der Waals surface area contributed by atoms with Crippen LogP contribution >= 0.6 is 0 Å². The number of nitrogens with zero attached hydrogens (tertiary/aromatic N) is 1. The number of imidazole rings is 1. The maximum Gasteiger partial charge on any atom is 0.315 e. The molecule has 1 heterocycles. The van der Waals surface area contributed by atoms with Gasteiger partial charge in [0, 0.05) is 31.4 Å². The first-order valence-electron chi connectivity index (χ1n) is 6.39. The summed E-state index contributed by atoms with van der Waals surface area (Å²) in [6, 6.07) is -0.578. The Kier molecular flexibility index (Phi) is 4.38. The number of aromatic amines is 1. The first-order valence-corrected chi connectivity index (χ1v) is 6.39. The van der Waals surface area contributed by atoms with Crippen LogP contribution < -0.4 is 10.6 Å². The molecule has 7 nitrogen and oxygen atoms in total. The quantitative estimate of drug-likeness (QED) is 0.576. The van der Waals surface area contributed by atoms with Crippen molar-refractivity contribution in [3.8, 4) is 0 Å². The monoisotopic (exact) mass is 266 g/mol. The average Bonchev–Trinajstić information content (AvgIpc) is 3.07. The summed E-state index contributed by atoms with van der Waals surface area (Å²) in [7, 11) is 0. The Morgan fingerprint density at radius 3 is 2.89 bits per heavy atom. The number of aliphatic carboxylic acids is 1. The fraction of sp³-hybridized carbons (Fsp3) is 0.583. The van der Waals surface area contributed by atoms with Crippen LogP contribution in [0.15, 0.2) is 12.4 Å². The number of carbonyl (C=O) groups excluding carboxylic acids is 1. The second kappa shape index (κ2) is 6.21. The van der Waals surface area contributed by atoms with Gasteiger partial charge in [0.15, 0.2) is 0 Å². The van der Waals surface area contributed by atoms with E-state index < -0.39 is 5.97 Å². The van der Waals surface area contributed by atoms with Crippen LogP contribution in [0, 0.1) is 5.92 Å². The summed E-state index contributed by atoms with van der Waals surface area (Å²) in [6.07, 6.45) is 5.97. The number of carbonyl (C=O) groups is 2. The van der Waals surface area contributed by atoms with Crippen molar-refractivity contribution in [3.05, 3.63) is 18.2 Å². The van der Waals surface area contributed by atoms with Crippen LogP contribution in [0.25, 0.3) is 0 Å². The van der Waals surface area contributed by atoms with Crippen LogP contribution in [0.5, 0.6) is 0 Å². The second-order valence-corrected chi connectivity index (χ2v) is 4.73. The zero-order valence-corrected chi connectivity index (χ0v) is 10.6. The van der Waals surface area contributed by atoms with E-state index >= 15 is 0 Å². The molecule has 1 aliphatic rings. The van der Waals surface area contributed by atoms with Gasteiger partial charge in [-0.25, -0.2) is 9.78 Å². The van der Waals surface area contributed by atoms with Gasteiger partial charge < -0.3 is 20.7 Å². The first-order chi connectivity index (χ1) is 9.15. The Bertz CT molecular complexity index is 428. The summed E-state index contributed by atoms with van der Waals surface area (Å²) < 4.78 is 0. The molecule has 1 aliphatic carbocycles. The molecule has 2 amide bonds. The van der Waals surface area contributed by atoms with E-state index in [9.17, 15) is 9.59 Å². The summed E-state index contributed by atoms with van der Waals surface area (Å²) in [5, 5.41) is 14.2. The minimum absolute atomic E-state index is 0.0176. The van der Waals surface area contributed by atoms with E-state index in [1.807, 2.05) is 0 Å². The molecule has 1 unspecified atom stereocenters. The number of hydrogen-bond acceptors (Lipinski definition) is 3. The molecule has 1 saturated carbocycles. The Morgan fingerprint density at radius 1 is 1.53 bits per heavy atom. The summed E-state index contributed by atoms with van der Waals surface area (Å²) in [5.41, 5.74) is 0. The maximum absolute atomic E-state index is 11.6. The highest BCUT2D eigenvalue weighted by Crippen LogP contribution is 2.33. The van der Waals surface area contributed by atoms with Gasteiger partial charge in [-0.05, 0) is 18.8 Å². The van der Waals surface area contributed by atoms with Gasteiger partial charge in [-0.15, -0.1) is 0 Å². The third-order valence-electron chi connectivity index (χ3n) is 3.10. The SMILES string of the molecule is O=C(O)CC(NC(=O)NCCc1ncc[nH]1)C1CC1. The smallest absolute Gasteiger partial charge is 0.315 e. The summed E-state index contributed by atoms with van der Waals surface area (Å²) in [4.78, 5) is 29.4. The number of hydrogen-bond donors (Lipinski definition) is 4. The number of urea groups is 1. The van der Waals surface area contributed by atoms with Crippen molar-refractivity contribution >= 4 is 12.0 Å². The molecule has 7 heteroatoms. The first kappa shape index (κ1) is 13.4. The van der Waals surface area contributed by atoms with Gasteiger partial charge in [0.05, 0.1) is 6.42 Å². The molecule has 19 heavy (non-hydrogen) atoms. The van der Waals surface area contributed by atoms with Gasteiger partial charge in [-0.1, -0.05) is 0 Å². The molecular formula is C12H18N4O3. The van der Waals surface area contributed by atoms with E-state index in [1.165, 1.54) is 0 Å². The van der Waals surface area contributed by atoms with Crippen LogP contribution in [0.4, 0.5) is 4.79 Å². The zero-order chi connectivity index (χ0) is 13.7. The van der Waals surface area contributed by atoms with Crippen molar-refractivity contribution in [3.63, 3.8) is 0 Å². The average molecular weight is 266 g/mol. The van der Waals surface area contributed by atoms with Gasteiger partial charge in [-0.3, -0.25) is 4.79 Å². The van der Waals surface area contributed by atoms with E-state index in [2.05, 4.69) is 20.6 Å². The Labute approximate surface area is 110 Å². The van der Waals surface area contributed by atoms with E-state index in [-0.39, 0.29) is 18.5 Å². The minimum Gasteiger partial charge on any atom is -0.481 e. The summed E-state index contributed by atoms with van der Waals surface area (Å²) >= 11 is 0. The van der Waals surface area contributed by atoms with Gasteiger partial charge in [-0.2, -0.15) is 0 Å². The van der Waals surface area contributed by atoms with Crippen LogP contribution in [-0.2, 0) is 11.2 Å². The minimum atomic E-state index is -0.882. The maximum atomic E-state index is 11.6. The molecule has 0 bridgehead atoms. The van der Waals surface area contributed by atoms with Crippen LogP contribution in [0.3, 0.4) is 0 Å². The molecule has 1 aromatic rings. The highest BCUT2D eigenvalue weighted by Gasteiger charge is 2.33. The Hall–Kier alpha value is -2.05. The lowest BCUT2D eigenvalue weighted by molar-refractivity contribution is -0.137. The normalized spacial score (nSPS) is 15.8. The molecule has 0 spiro atoms. The third-order valence-corrected chi connectivity index (χ3v) is 3.10. The molecule has 0 saturated heterocycles. The van der Waals surface area contributed by atoms with Crippen molar-refractivity contribution in [1.82, 2.24) is 20.6 Å². The second-order valence-electron chi connectivity index (χ2n) is 4.73. The van der Waals surface area contributed by atoms with Crippen molar-refractivity contribution in [1.29, 1.82) is 0 Å². The lowest BCUT2D eigenvalue weighted by Crippen LogP contribution is -2.44. The van der Waals surface area contributed by atoms with E-state index in [4.69, 9.17) is 5.11 Å². The molecule has 1 aromatic heterocycles. The van der Waals surface area contributed by atoms with Crippen molar-refractivity contribution < 1.29 is 14.7 Å². The van der Waals surface area contributed by atoms with E-state index in [0.717, 1.165) is 18.7 Å². The summed E-state index contributed by atoms with van der Waals surface area (Å²) in [5.74, 6) is 0.240. The topological polar surface area (TPSA) is 107 Å². The third kappa shape index (κ3) is 4.61. The van der Waals surface area contributed by atoms with Crippen LogP contribution in [-0.4, -0.2) is 39.7 Å². The van der Waals surface area contributed by atoms with Crippen LogP contribution in [0.2, 0.25) is 0 Å². The summed E-state index contributed by atoms with van der Waals surface area (Å²) in [6.45, 7) is 0.462. The number of carboxylic acid groups (broad SMARTS) is 1. The zero-order valence-electron chi connectivity index (χ0n) is 10.6. The predicted octanol–water partition coefficient (Wildman–Crippen LogP) is 0.505. The Morgan fingerprint density at radius 2 is 2.32 bits per heavy atom. The lowest BCUT2D eigenvalue weighted by atomic mass is 10.1. The molecule has 1 atom stereocenters. The molecule has 1 fully saturated rings. The van der Waals surface area contributed by atoms with Gasteiger partial charge in [0.25, 0.3) is 0 Å². The van der Waals surface area contributed by atoms with Gasteiger partial charge in [0.1, 0.15) is 5.82 Å². The lowest BCUT2D eigenvalue weighted by Gasteiger charge is -2.16. The molecule has 104 valence electrons. The molecule has 2 rings (SSSR count). The molecule has 4 N–H and O–H groups in total. The molecule has 0 radical (unpaired) electrons. The number of H-pyrrole nitrogens is 1. The van der Waals surface area contributed by atoms with Gasteiger partial charge in [0.2, 0.25) is 0 Å².